The highest BCUT2D eigenvalue weighted by atomic mass is 32.2. The van der Waals surface area contributed by atoms with Crippen LogP contribution in [0.5, 0.6) is 0 Å². The Morgan fingerprint density at radius 2 is 2.13 bits per heavy atom. The van der Waals surface area contributed by atoms with E-state index in [-0.39, 0.29) is 0 Å². The van der Waals surface area contributed by atoms with E-state index < -0.39 is 0 Å². The molecule has 2 N–H and O–H groups in total. The van der Waals surface area contributed by atoms with E-state index in [2.05, 4.69) is 25.5 Å². The van der Waals surface area contributed by atoms with Crippen LogP contribution >= 0.6 is 11.8 Å². The van der Waals surface area contributed by atoms with Crippen molar-refractivity contribution < 1.29 is 0 Å². The fraction of sp³-hybridized carbons (Fsp3) is 0.286. The fourth-order valence-corrected chi connectivity index (χ4v) is 1.51. The second-order valence-electron chi connectivity index (χ2n) is 2.77. The third kappa shape index (κ3) is 2.28. The largest absolute Gasteiger partial charge is 0.326 e. The molecule has 0 aliphatic heterocycles. The van der Waals surface area contributed by atoms with Crippen molar-refractivity contribution in [3.8, 4) is 0 Å². The highest BCUT2D eigenvalue weighted by Gasteiger charge is 2.06. The number of aryl methyl sites for hydroxylation is 1. The monoisotopic (exact) mass is 223 g/mol. The van der Waals surface area contributed by atoms with Crippen LogP contribution in [-0.2, 0) is 13.6 Å². The van der Waals surface area contributed by atoms with Gasteiger partial charge in [-0.15, -0.1) is 5.10 Å². The molecular weight excluding hydrogens is 214 g/mol. The summed E-state index contributed by atoms with van der Waals surface area (Å²) in [4.78, 5) is 8.26. The molecule has 0 atom stereocenters. The van der Waals surface area contributed by atoms with Gasteiger partial charge in [0.25, 0.3) is 0 Å². The van der Waals surface area contributed by atoms with Crippen molar-refractivity contribution in [1.29, 1.82) is 0 Å². The highest BCUT2D eigenvalue weighted by molar-refractivity contribution is 7.99. The third-order valence-corrected chi connectivity index (χ3v) is 2.60. The molecule has 2 heterocycles. The van der Waals surface area contributed by atoms with Gasteiger partial charge >= 0.3 is 0 Å². The lowest BCUT2D eigenvalue weighted by molar-refractivity contribution is 0.663. The van der Waals surface area contributed by atoms with Crippen molar-refractivity contribution in [2.75, 3.05) is 0 Å². The lowest BCUT2D eigenvalue weighted by atomic mass is 10.4. The van der Waals surface area contributed by atoms with Gasteiger partial charge in [-0.1, -0.05) is 0 Å². The minimum atomic E-state index is 0.441. The molecule has 0 aromatic carbocycles. The van der Waals surface area contributed by atoms with Gasteiger partial charge in [-0.25, -0.2) is 14.6 Å². The van der Waals surface area contributed by atoms with Crippen LogP contribution in [-0.4, -0.2) is 30.2 Å². The van der Waals surface area contributed by atoms with E-state index in [1.165, 1.54) is 11.8 Å². The van der Waals surface area contributed by atoms with Gasteiger partial charge in [-0.2, -0.15) is 0 Å². The molecule has 0 aliphatic carbocycles. The number of aromatic nitrogens is 6. The minimum absolute atomic E-state index is 0.441. The standard InChI is InChI=1S/C7H9N7S/c1-14-7(11-12-13-14)15-6-9-3-5(2-8)4-10-6/h3-4H,2,8H2,1H3. The third-order valence-electron chi connectivity index (χ3n) is 1.68. The smallest absolute Gasteiger partial charge is 0.216 e. The molecule has 2 aromatic rings. The van der Waals surface area contributed by atoms with Crippen LogP contribution in [0.4, 0.5) is 0 Å². The summed E-state index contributed by atoms with van der Waals surface area (Å²) in [5.74, 6) is 0. The predicted octanol–water partition coefficient (Wildman–Crippen LogP) is -0.390. The summed E-state index contributed by atoms with van der Waals surface area (Å²) >= 11 is 1.30. The summed E-state index contributed by atoms with van der Waals surface area (Å²) < 4.78 is 1.56. The fourth-order valence-electron chi connectivity index (χ4n) is 0.890. The van der Waals surface area contributed by atoms with E-state index in [1.54, 1.807) is 24.1 Å². The Morgan fingerprint density at radius 1 is 1.40 bits per heavy atom. The van der Waals surface area contributed by atoms with Crippen LogP contribution < -0.4 is 5.73 Å². The normalized spacial score (nSPS) is 10.5. The Morgan fingerprint density at radius 3 is 2.67 bits per heavy atom. The molecule has 0 saturated carbocycles. The lowest BCUT2D eigenvalue weighted by Gasteiger charge is -1.98. The molecule has 0 unspecified atom stereocenters. The number of hydrogen-bond donors (Lipinski definition) is 1. The van der Waals surface area contributed by atoms with E-state index in [4.69, 9.17) is 5.73 Å². The Balaban J connectivity index is 2.14. The van der Waals surface area contributed by atoms with Crippen LogP contribution in [0, 0.1) is 0 Å². The van der Waals surface area contributed by atoms with E-state index >= 15 is 0 Å². The molecular formula is C7H9N7S. The zero-order valence-electron chi connectivity index (χ0n) is 8.03. The maximum absolute atomic E-state index is 5.44. The number of nitrogens with two attached hydrogens (primary N) is 1. The van der Waals surface area contributed by atoms with Crippen molar-refractivity contribution >= 4 is 11.8 Å². The number of rotatable bonds is 3. The highest BCUT2D eigenvalue weighted by Crippen LogP contribution is 2.19. The molecule has 2 aromatic heterocycles. The van der Waals surface area contributed by atoms with Gasteiger partial charge in [-0.3, -0.25) is 0 Å². The average molecular weight is 223 g/mol. The van der Waals surface area contributed by atoms with Crippen molar-refractivity contribution in [3.05, 3.63) is 18.0 Å². The maximum Gasteiger partial charge on any atom is 0.216 e. The molecule has 7 nitrogen and oxygen atoms in total. The van der Waals surface area contributed by atoms with Crippen LogP contribution in [0.25, 0.3) is 0 Å². The van der Waals surface area contributed by atoms with Crippen molar-refractivity contribution in [2.24, 2.45) is 12.8 Å². The van der Waals surface area contributed by atoms with Crippen LogP contribution in [0.3, 0.4) is 0 Å². The summed E-state index contributed by atoms with van der Waals surface area (Å²) in [6, 6.07) is 0. The van der Waals surface area contributed by atoms with Gasteiger partial charge in [0, 0.05) is 31.5 Å². The first-order valence-electron chi connectivity index (χ1n) is 4.21. The number of hydrogen-bond acceptors (Lipinski definition) is 7. The summed E-state index contributed by atoms with van der Waals surface area (Å²) in [6.07, 6.45) is 3.39. The summed E-state index contributed by atoms with van der Waals surface area (Å²) in [7, 11) is 1.76. The van der Waals surface area contributed by atoms with Crippen molar-refractivity contribution in [3.63, 3.8) is 0 Å². The van der Waals surface area contributed by atoms with E-state index in [1.807, 2.05) is 0 Å². The van der Waals surface area contributed by atoms with E-state index in [0.29, 0.717) is 16.9 Å². The Hall–Kier alpha value is -1.54. The molecule has 0 spiro atoms. The van der Waals surface area contributed by atoms with Crippen LogP contribution in [0.2, 0.25) is 0 Å². The van der Waals surface area contributed by atoms with Gasteiger partial charge < -0.3 is 5.73 Å². The maximum atomic E-state index is 5.44. The first-order chi connectivity index (χ1) is 7.29. The molecule has 0 fully saturated rings. The van der Waals surface area contributed by atoms with Crippen molar-refractivity contribution in [1.82, 2.24) is 30.2 Å². The summed E-state index contributed by atoms with van der Waals surface area (Å²) in [6.45, 7) is 0.441. The van der Waals surface area contributed by atoms with Gasteiger partial charge in [0.05, 0.1) is 0 Å². The topological polar surface area (TPSA) is 95.4 Å². The Kier molecular flexibility index (Phi) is 2.88. The first kappa shape index (κ1) is 9.99. The Labute approximate surface area is 90.1 Å². The molecule has 0 bridgehead atoms. The van der Waals surface area contributed by atoms with Crippen LogP contribution in [0.15, 0.2) is 22.7 Å². The molecule has 8 heteroatoms. The SMILES string of the molecule is Cn1nnnc1Sc1ncc(CN)cn1. The van der Waals surface area contributed by atoms with E-state index in [0.717, 1.165) is 5.56 Å². The van der Waals surface area contributed by atoms with Gasteiger partial charge in [-0.05, 0) is 22.2 Å². The second-order valence-corrected chi connectivity index (χ2v) is 3.70. The number of nitrogens with zero attached hydrogens (tertiary/aromatic N) is 6. The molecule has 15 heavy (non-hydrogen) atoms. The zero-order valence-corrected chi connectivity index (χ0v) is 8.85. The summed E-state index contributed by atoms with van der Waals surface area (Å²) in [5.41, 5.74) is 6.34. The van der Waals surface area contributed by atoms with E-state index in [9.17, 15) is 0 Å². The molecule has 0 aliphatic rings. The quantitative estimate of drug-likeness (QED) is 0.708. The molecule has 2 rings (SSSR count). The zero-order chi connectivity index (χ0) is 10.7. The minimum Gasteiger partial charge on any atom is -0.326 e. The molecule has 78 valence electrons. The molecule has 0 amide bonds. The van der Waals surface area contributed by atoms with Gasteiger partial charge in [0.2, 0.25) is 5.16 Å². The Bertz CT molecular complexity index is 437. The lowest BCUT2D eigenvalue weighted by Crippen LogP contribution is -1.99. The second kappa shape index (κ2) is 4.32. The molecule has 0 radical (unpaired) electrons. The number of tetrazole rings is 1. The first-order valence-corrected chi connectivity index (χ1v) is 5.02. The van der Waals surface area contributed by atoms with Crippen LogP contribution in [0.1, 0.15) is 5.56 Å². The van der Waals surface area contributed by atoms with Gasteiger partial charge in [0.1, 0.15) is 0 Å². The molecule has 0 saturated heterocycles. The van der Waals surface area contributed by atoms with Crippen molar-refractivity contribution in [2.45, 2.75) is 16.9 Å². The average Bonchev–Trinajstić information content (AvgIpc) is 2.66. The predicted molar refractivity (Wildman–Crippen MR) is 52.8 cm³/mol. The van der Waals surface area contributed by atoms with Gasteiger partial charge in [0.15, 0.2) is 5.16 Å². The summed E-state index contributed by atoms with van der Waals surface area (Å²) in [5, 5.41) is 12.3.